The molecule has 148 valence electrons. The van der Waals surface area contributed by atoms with E-state index in [0.29, 0.717) is 12.0 Å². The molecule has 1 atom stereocenters. The van der Waals surface area contributed by atoms with Gasteiger partial charge in [-0.15, -0.1) is 0 Å². The predicted octanol–water partition coefficient (Wildman–Crippen LogP) is 6.20. The lowest BCUT2D eigenvalue weighted by molar-refractivity contribution is 0.148. The Morgan fingerprint density at radius 3 is 2.07 bits per heavy atom. The lowest BCUT2D eigenvalue weighted by Crippen LogP contribution is -2.36. The van der Waals surface area contributed by atoms with Crippen LogP contribution in [0, 0.1) is 19.8 Å². The highest BCUT2D eigenvalue weighted by molar-refractivity contribution is 5.24. The number of nitrogens with zero attached hydrogens (tertiary/aromatic N) is 2. The lowest BCUT2D eigenvalue weighted by Gasteiger charge is -2.32. The zero-order valence-corrected chi connectivity index (χ0v) is 18.0. The Hall–Kier alpha value is -2.32. The first-order valence-electron chi connectivity index (χ1n) is 10.4. The SMILES string of the molecule is Cc1cccc(CN(Cc2cccn2Cc2cccc(C)c2)[C@H](C)C(C)C)c1. The highest BCUT2D eigenvalue weighted by Gasteiger charge is 2.19. The van der Waals surface area contributed by atoms with Gasteiger partial charge in [-0.25, -0.2) is 0 Å². The third-order valence-electron chi connectivity index (χ3n) is 5.73. The van der Waals surface area contributed by atoms with Gasteiger partial charge in [-0.3, -0.25) is 4.90 Å². The molecule has 0 spiro atoms. The molecule has 28 heavy (non-hydrogen) atoms. The van der Waals surface area contributed by atoms with Gasteiger partial charge < -0.3 is 4.57 Å². The molecule has 1 heterocycles. The quantitative estimate of drug-likeness (QED) is 0.456. The summed E-state index contributed by atoms with van der Waals surface area (Å²) < 4.78 is 2.39. The summed E-state index contributed by atoms with van der Waals surface area (Å²) in [4.78, 5) is 2.61. The summed E-state index contributed by atoms with van der Waals surface area (Å²) in [7, 11) is 0. The molecule has 0 N–H and O–H groups in total. The summed E-state index contributed by atoms with van der Waals surface area (Å²) in [6, 6.07) is 22.7. The summed E-state index contributed by atoms with van der Waals surface area (Å²) in [6.45, 7) is 14.2. The second-order valence-electron chi connectivity index (χ2n) is 8.50. The van der Waals surface area contributed by atoms with E-state index in [2.05, 4.69) is 111 Å². The smallest absolute Gasteiger partial charge is 0.0473 e. The third-order valence-corrected chi connectivity index (χ3v) is 5.73. The molecular weight excluding hydrogens is 340 g/mol. The summed E-state index contributed by atoms with van der Waals surface area (Å²) in [6.07, 6.45) is 2.21. The van der Waals surface area contributed by atoms with Crippen LogP contribution in [0.4, 0.5) is 0 Å². The van der Waals surface area contributed by atoms with E-state index in [9.17, 15) is 0 Å². The molecule has 0 saturated heterocycles. The van der Waals surface area contributed by atoms with Crippen molar-refractivity contribution in [3.8, 4) is 0 Å². The van der Waals surface area contributed by atoms with Crippen LogP contribution in [-0.4, -0.2) is 15.5 Å². The Balaban J connectivity index is 1.80. The molecule has 0 radical (unpaired) electrons. The van der Waals surface area contributed by atoms with E-state index in [1.807, 2.05) is 0 Å². The van der Waals surface area contributed by atoms with Crippen LogP contribution in [0.3, 0.4) is 0 Å². The minimum atomic E-state index is 0.517. The molecule has 0 amide bonds. The number of hydrogen-bond donors (Lipinski definition) is 0. The fraction of sp³-hybridized carbons (Fsp3) is 0.385. The Morgan fingerprint density at radius 1 is 0.786 bits per heavy atom. The fourth-order valence-electron chi connectivity index (χ4n) is 3.77. The standard InChI is InChI=1S/C26H34N2/c1-20(2)23(5)28(18-25-12-7-10-22(4)16-25)19-26-13-8-14-27(26)17-24-11-6-9-21(3)15-24/h6-16,20,23H,17-19H2,1-5H3/t23-/m1/s1. The number of rotatable bonds is 8. The molecule has 0 saturated carbocycles. The maximum Gasteiger partial charge on any atom is 0.0473 e. The molecule has 0 fully saturated rings. The maximum atomic E-state index is 2.61. The van der Waals surface area contributed by atoms with Gasteiger partial charge in [0.1, 0.15) is 0 Å². The molecule has 2 aromatic carbocycles. The largest absolute Gasteiger partial charge is 0.346 e. The van der Waals surface area contributed by atoms with Crippen molar-refractivity contribution in [3.63, 3.8) is 0 Å². The van der Waals surface area contributed by atoms with E-state index >= 15 is 0 Å². The average Bonchev–Trinajstić information content (AvgIpc) is 3.07. The summed E-state index contributed by atoms with van der Waals surface area (Å²) in [5.41, 5.74) is 6.78. The van der Waals surface area contributed by atoms with Crippen LogP contribution in [-0.2, 0) is 19.6 Å². The van der Waals surface area contributed by atoms with Crippen LogP contribution in [0.5, 0.6) is 0 Å². The van der Waals surface area contributed by atoms with E-state index in [4.69, 9.17) is 0 Å². The summed E-state index contributed by atoms with van der Waals surface area (Å²) >= 11 is 0. The molecule has 1 aromatic heterocycles. The van der Waals surface area contributed by atoms with Gasteiger partial charge in [-0.1, -0.05) is 73.5 Å². The van der Waals surface area contributed by atoms with Crippen LogP contribution in [0.1, 0.15) is 48.7 Å². The average molecular weight is 375 g/mol. The van der Waals surface area contributed by atoms with Crippen LogP contribution in [0.25, 0.3) is 0 Å². The molecule has 0 aliphatic heterocycles. The second-order valence-corrected chi connectivity index (χ2v) is 8.50. The zero-order chi connectivity index (χ0) is 20.1. The highest BCUT2D eigenvalue weighted by Crippen LogP contribution is 2.20. The Morgan fingerprint density at radius 2 is 1.43 bits per heavy atom. The van der Waals surface area contributed by atoms with Gasteiger partial charge in [0, 0.05) is 37.6 Å². The molecule has 2 heteroatoms. The monoisotopic (exact) mass is 374 g/mol. The van der Waals surface area contributed by atoms with Crippen molar-refractivity contribution in [1.82, 2.24) is 9.47 Å². The normalized spacial score (nSPS) is 12.7. The molecular formula is C26H34N2. The molecule has 0 aliphatic rings. The van der Waals surface area contributed by atoms with E-state index in [1.165, 1.54) is 27.9 Å². The maximum absolute atomic E-state index is 2.61. The van der Waals surface area contributed by atoms with Gasteiger partial charge in [0.15, 0.2) is 0 Å². The summed E-state index contributed by atoms with van der Waals surface area (Å²) in [5, 5.41) is 0. The van der Waals surface area contributed by atoms with Crippen LogP contribution < -0.4 is 0 Å². The molecule has 3 rings (SSSR count). The van der Waals surface area contributed by atoms with Crippen molar-refractivity contribution >= 4 is 0 Å². The Labute approximate surface area is 170 Å². The van der Waals surface area contributed by atoms with Crippen molar-refractivity contribution in [2.24, 2.45) is 5.92 Å². The minimum Gasteiger partial charge on any atom is -0.346 e. The first-order chi connectivity index (χ1) is 13.4. The molecule has 2 nitrogen and oxygen atoms in total. The van der Waals surface area contributed by atoms with Crippen molar-refractivity contribution in [3.05, 3.63) is 94.8 Å². The van der Waals surface area contributed by atoms with Gasteiger partial charge in [0.25, 0.3) is 0 Å². The Bertz CT molecular complexity index is 891. The second kappa shape index (κ2) is 9.25. The highest BCUT2D eigenvalue weighted by atomic mass is 15.2. The minimum absolute atomic E-state index is 0.517. The van der Waals surface area contributed by atoms with E-state index in [-0.39, 0.29) is 0 Å². The number of aromatic nitrogens is 1. The molecule has 0 aliphatic carbocycles. The number of hydrogen-bond acceptors (Lipinski definition) is 1. The van der Waals surface area contributed by atoms with Gasteiger partial charge in [-0.2, -0.15) is 0 Å². The lowest BCUT2D eigenvalue weighted by atomic mass is 10.0. The van der Waals surface area contributed by atoms with Gasteiger partial charge in [0.05, 0.1) is 0 Å². The van der Waals surface area contributed by atoms with Gasteiger partial charge in [0.2, 0.25) is 0 Å². The topological polar surface area (TPSA) is 8.17 Å². The molecule has 0 bridgehead atoms. The van der Waals surface area contributed by atoms with Crippen molar-refractivity contribution in [2.45, 2.75) is 60.3 Å². The number of benzene rings is 2. The van der Waals surface area contributed by atoms with E-state index in [0.717, 1.165) is 19.6 Å². The van der Waals surface area contributed by atoms with Gasteiger partial charge in [-0.05, 0) is 49.9 Å². The zero-order valence-electron chi connectivity index (χ0n) is 18.0. The first-order valence-corrected chi connectivity index (χ1v) is 10.4. The van der Waals surface area contributed by atoms with Crippen molar-refractivity contribution in [1.29, 1.82) is 0 Å². The fourth-order valence-corrected chi connectivity index (χ4v) is 3.77. The molecule has 0 unspecified atom stereocenters. The van der Waals surface area contributed by atoms with Crippen LogP contribution >= 0.6 is 0 Å². The number of aryl methyl sites for hydroxylation is 2. The van der Waals surface area contributed by atoms with Crippen LogP contribution in [0.2, 0.25) is 0 Å². The van der Waals surface area contributed by atoms with Crippen molar-refractivity contribution in [2.75, 3.05) is 0 Å². The van der Waals surface area contributed by atoms with Crippen molar-refractivity contribution < 1.29 is 0 Å². The first kappa shape index (κ1) is 20.4. The Kier molecular flexibility index (Phi) is 6.74. The predicted molar refractivity (Wildman–Crippen MR) is 119 cm³/mol. The third kappa shape index (κ3) is 5.36. The van der Waals surface area contributed by atoms with Crippen LogP contribution in [0.15, 0.2) is 66.9 Å². The van der Waals surface area contributed by atoms with Gasteiger partial charge >= 0.3 is 0 Å². The summed E-state index contributed by atoms with van der Waals surface area (Å²) in [5.74, 6) is 0.616. The van der Waals surface area contributed by atoms with E-state index in [1.54, 1.807) is 0 Å². The molecule has 3 aromatic rings. The van der Waals surface area contributed by atoms with E-state index < -0.39 is 0 Å².